The molecule has 0 spiro atoms. The van der Waals surface area contributed by atoms with Crippen molar-refractivity contribution in [2.24, 2.45) is 0 Å². The Hall–Kier alpha value is -1.79. The van der Waals surface area contributed by atoms with Gasteiger partial charge in [-0.25, -0.2) is 0 Å². The molecule has 2 rings (SSSR count). The van der Waals surface area contributed by atoms with E-state index in [1.165, 1.54) is 0 Å². The van der Waals surface area contributed by atoms with E-state index in [1.54, 1.807) is 12.4 Å². The lowest BCUT2D eigenvalue weighted by atomic mass is 10.2. The van der Waals surface area contributed by atoms with Crippen LogP contribution in [0.1, 0.15) is 25.7 Å². The van der Waals surface area contributed by atoms with Crippen LogP contribution in [-0.2, 0) is 9.47 Å². The van der Waals surface area contributed by atoms with Crippen molar-refractivity contribution in [3.8, 4) is 11.4 Å². The standard InChI is InChI=1S/C12H16N4O2/c1-3-17-12(18-4-2)9-5-6-10(13-7-9)11-8-14-16-15-11/h5-8,12H,3-4H2,1-2H3,(H,14,15,16). The maximum atomic E-state index is 5.50. The first-order chi connectivity index (χ1) is 8.85. The zero-order valence-electron chi connectivity index (χ0n) is 10.5. The van der Waals surface area contributed by atoms with Crippen LogP contribution >= 0.6 is 0 Å². The molecule has 18 heavy (non-hydrogen) atoms. The Balaban J connectivity index is 2.15. The molecule has 2 aromatic heterocycles. The molecule has 0 aromatic carbocycles. The highest BCUT2D eigenvalue weighted by molar-refractivity contribution is 5.51. The molecular formula is C12H16N4O2. The number of H-pyrrole nitrogens is 1. The highest BCUT2D eigenvalue weighted by Crippen LogP contribution is 2.20. The summed E-state index contributed by atoms with van der Waals surface area (Å²) >= 11 is 0. The van der Waals surface area contributed by atoms with E-state index < -0.39 is 0 Å². The average molecular weight is 248 g/mol. The molecule has 0 atom stereocenters. The molecule has 0 bridgehead atoms. The van der Waals surface area contributed by atoms with Gasteiger partial charge >= 0.3 is 0 Å². The monoisotopic (exact) mass is 248 g/mol. The van der Waals surface area contributed by atoms with Gasteiger partial charge in [0, 0.05) is 25.0 Å². The van der Waals surface area contributed by atoms with Gasteiger partial charge in [0.05, 0.1) is 11.9 Å². The number of nitrogens with one attached hydrogen (secondary N) is 1. The smallest absolute Gasteiger partial charge is 0.185 e. The fourth-order valence-electron chi connectivity index (χ4n) is 1.56. The number of nitrogens with zero attached hydrogens (tertiary/aromatic N) is 3. The summed E-state index contributed by atoms with van der Waals surface area (Å²) in [6, 6.07) is 3.80. The molecule has 0 aliphatic heterocycles. The predicted molar refractivity (Wildman–Crippen MR) is 65.6 cm³/mol. The number of hydrogen-bond acceptors (Lipinski definition) is 5. The summed E-state index contributed by atoms with van der Waals surface area (Å²) in [7, 11) is 0. The van der Waals surface area contributed by atoms with Gasteiger partial charge in [0.15, 0.2) is 6.29 Å². The van der Waals surface area contributed by atoms with Crippen LogP contribution in [0.15, 0.2) is 24.5 Å². The number of hydrogen-bond donors (Lipinski definition) is 1. The molecule has 0 saturated heterocycles. The van der Waals surface area contributed by atoms with E-state index in [4.69, 9.17) is 9.47 Å². The fraction of sp³-hybridized carbons (Fsp3) is 0.417. The molecule has 0 aliphatic rings. The number of pyridine rings is 1. The molecule has 0 aliphatic carbocycles. The van der Waals surface area contributed by atoms with Gasteiger partial charge in [-0.2, -0.15) is 15.4 Å². The molecule has 2 aromatic rings. The minimum Gasteiger partial charge on any atom is -0.349 e. The third-order valence-corrected chi connectivity index (χ3v) is 2.37. The van der Waals surface area contributed by atoms with Crippen molar-refractivity contribution in [1.29, 1.82) is 0 Å². The first-order valence-electron chi connectivity index (χ1n) is 5.90. The van der Waals surface area contributed by atoms with Crippen LogP contribution in [0.5, 0.6) is 0 Å². The Morgan fingerprint density at radius 2 is 1.89 bits per heavy atom. The number of ether oxygens (including phenoxy) is 2. The fourth-order valence-corrected chi connectivity index (χ4v) is 1.56. The largest absolute Gasteiger partial charge is 0.349 e. The van der Waals surface area contributed by atoms with E-state index in [0.29, 0.717) is 18.9 Å². The molecule has 0 saturated carbocycles. The lowest BCUT2D eigenvalue weighted by molar-refractivity contribution is -0.140. The highest BCUT2D eigenvalue weighted by Gasteiger charge is 2.12. The molecule has 96 valence electrons. The maximum absolute atomic E-state index is 5.50. The van der Waals surface area contributed by atoms with Crippen LogP contribution in [0, 0.1) is 0 Å². The second-order valence-corrected chi connectivity index (χ2v) is 3.57. The predicted octanol–water partition coefficient (Wildman–Crippen LogP) is 1.94. The number of aromatic amines is 1. The van der Waals surface area contributed by atoms with Gasteiger partial charge in [-0.3, -0.25) is 4.98 Å². The normalized spacial score (nSPS) is 11.1. The van der Waals surface area contributed by atoms with E-state index in [0.717, 1.165) is 11.3 Å². The summed E-state index contributed by atoms with van der Waals surface area (Å²) < 4.78 is 11.0. The Kier molecular flexibility index (Phi) is 4.38. The van der Waals surface area contributed by atoms with Crippen molar-refractivity contribution in [1.82, 2.24) is 20.4 Å². The minimum absolute atomic E-state index is 0.362. The number of aromatic nitrogens is 4. The molecule has 0 radical (unpaired) electrons. The average Bonchev–Trinajstić information content (AvgIpc) is 2.93. The SMILES string of the molecule is CCOC(OCC)c1ccc(-c2cn[nH]n2)nc1. The summed E-state index contributed by atoms with van der Waals surface area (Å²) in [6.45, 7) is 5.05. The van der Waals surface area contributed by atoms with Crippen LogP contribution in [0.2, 0.25) is 0 Å². The Labute approximate surface area is 105 Å². The van der Waals surface area contributed by atoms with E-state index in [-0.39, 0.29) is 6.29 Å². The van der Waals surface area contributed by atoms with Gasteiger partial charge in [0.25, 0.3) is 0 Å². The third-order valence-electron chi connectivity index (χ3n) is 2.37. The first-order valence-corrected chi connectivity index (χ1v) is 5.90. The molecule has 0 fully saturated rings. The van der Waals surface area contributed by atoms with Crippen LogP contribution < -0.4 is 0 Å². The van der Waals surface area contributed by atoms with E-state index in [2.05, 4.69) is 20.4 Å². The van der Waals surface area contributed by atoms with Crippen molar-refractivity contribution in [3.63, 3.8) is 0 Å². The molecule has 6 heteroatoms. The first kappa shape index (κ1) is 12.7. The van der Waals surface area contributed by atoms with Crippen LogP contribution in [0.4, 0.5) is 0 Å². The van der Waals surface area contributed by atoms with Gasteiger partial charge in [0.1, 0.15) is 5.69 Å². The topological polar surface area (TPSA) is 72.9 Å². The zero-order valence-corrected chi connectivity index (χ0v) is 10.5. The summed E-state index contributed by atoms with van der Waals surface area (Å²) in [4.78, 5) is 4.32. The molecule has 2 heterocycles. The van der Waals surface area contributed by atoms with Gasteiger partial charge in [-0.1, -0.05) is 6.07 Å². The van der Waals surface area contributed by atoms with Crippen molar-refractivity contribution in [2.45, 2.75) is 20.1 Å². The van der Waals surface area contributed by atoms with Gasteiger partial charge in [-0.05, 0) is 19.9 Å². The van der Waals surface area contributed by atoms with E-state index in [9.17, 15) is 0 Å². The molecule has 0 unspecified atom stereocenters. The molecule has 1 N–H and O–H groups in total. The van der Waals surface area contributed by atoms with Crippen LogP contribution in [0.25, 0.3) is 11.4 Å². The van der Waals surface area contributed by atoms with Gasteiger partial charge in [-0.15, -0.1) is 0 Å². The van der Waals surface area contributed by atoms with Gasteiger partial charge < -0.3 is 9.47 Å². The summed E-state index contributed by atoms with van der Waals surface area (Å²) in [5, 5.41) is 10.3. The lowest BCUT2D eigenvalue weighted by Crippen LogP contribution is -2.09. The van der Waals surface area contributed by atoms with Crippen molar-refractivity contribution in [2.75, 3.05) is 13.2 Å². The lowest BCUT2D eigenvalue weighted by Gasteiger charge is -2.16. The third kappa shape index (κ3) is 2.91. The summed E-state index contributed by atoms with van der Waals surface area (Å²) in [6.07, 6.45) is 3.00. The quantitative estimate of drug-likeness (QED) is 0.791. The minimum atomic E-state index is -0.362. The summed E-state index contributed by atoms with van der Waals surface area (Å²) in [5.41, 5.74) is 2.37. The maximum Gasteiger partial charge on any atom is 0.185 e. The second kappa shape index (κ2) is 6.23. The van der Waals surface area contributed by atoms with Crippen molar-refractivity contribution in [3.05, 3.63) is 30.1 Å². The Bertz CT molecular complexity index is 449. The number of rotatable bonds is 6. The second-order valence-electron chi connectivity index (χ2n) is 3.57. The van der Waals surface area contributed by atoms with Crippen LogP contribution in [-0.4, -0.2) is 33.6 Å². The molecular weight excluding hydrogens is 232 g/mol. The van der Waals surface area contributed by atoms with Crippen LogP contribution in [0.3, 0.4) is 0 Å². The highest BCUT2D eigenvalue weighted by atomic mass is 16.7. The summed E-state index contributed by atoms with van der Waals surface area (Å²) in [5.74, 6) is 0. The zero-order chi connectivity index (χ0) is 12.8. The Morgan fingerprint density at radius 1 is 1.11 bits per heavy atom. The Morgan fingerprint density at radius 3 is 2.39 bits per heavy atom. The van der Waals surface area contributed by atoms with Crippen molar-refractivity contribution < 1.29 is 9.47 Å². The molecule has 0 amide bonds. The van der Waals surface area contributed by atoms with E-state index >= 15 is 0 Å². The van der Waals surface area contributed by atoms with Crippen molar-refractivity contribution >= 4 is 0 Å². The van der Waals surface area contributed by atoms with E-state index in [1.807, 2.05) is 26.0 Å². The molecule has 6 nitrogen and oxygen atoms in total. The van der Waals surface area contributed by atoms with Gasteiger partial charge in [0.2, 0.25) is 0 Å².